The van der Waals surface area contributed by atoms with Crippen LogP contribution in [0.25, 0.3) is 0 Å². The minimum atomic E-state index is -0.807. The van der Waals surface area contributed by atoms with E-state index in [1.54, 1.807) is 0 Å². The van der Waals surface area contributed by atoms with E-state index in [4.69, 9.17) is 14.2 Å². The Labute approximate surface area is 356 Å². The van der Waals surface area contributed by atoms with Gasteiger partial charge in [0.25, 0.3) is 0 Å². The van der Waals surface area contributed by atoms with Gasteiger partial charge in [-0.2, -0.15) is 0 Å². The fourth-order valence-corrected chi connectivity index (χ4v) is 6.08. The van der Waals surface area contributed by atoms with Gasteiger partial charge in [-0.1, -0.05) is 176 Å². The van der Waals surface area contributed by atoms with Crippen molar-refractivity contribution in [3.05, 3.63) is 85.1 Å². The van der Waals surface area contributed by atoms with Crippen LogP contribution < -0.4 is 0 Å². The fourth-order valence-electron chi connectivity index (χ4n) is 6.08. The lowest BCUT2D eigenvalue weighted by Crippen LogP contribution is -2.30. The lowest BCUT2D eigenvalue weighted by Gasteiger charge is -2.18. The molecular weight excluding hydrogens is 721 g/mol. The summed E-state index contributed by atoms with van der Waals surface area (Å²) in [7, 11) is 0. The molecule has 0 bridgehead atoms. The molecule has 0 aliphatic rings. The standard InChI is InChI=1S/C52H86O6/c1-4-7-10-13-16-19-22-24-25-26-27-28-29-31-33-36-39-42-45-51(54)57-48-49(47-56-50(53)44-41-38-35-32-21-18-15-12-9-6-3)58-52(55)46-43-40-37-34-30-23-20-17-14-11-8-5-2/h8,11,15,17-18,20,22,24-28,30,34,49H,4-7,9-10,12-14,16,19,21,23,29,31-33,35-48H2,1-3H3/b11-8-,18-15-,20-17-,24-22-,26-25-,28-27-,34-30-. The Bertz CT molecular complexity index is 1160. The van der Waals surface area contributed by atoms with Crippen molar-refractivity contribution in [1.29, 1.82) is 0 Å². The van der Waals surface area contributed by atoms with Crippen LogP contribution in [0.1, 0.15) is 207 Å². The molecule has 0 saturated heterocycles. The molecule has 0 aliphatic carbocycles. The van der Waals surface area contributed by atoms with Gasteiger partial charge in [0.05, 0.1) is 0 Å². The first-order valence-corrected chi connectivity index (χ1v) is 23.6. The molecule has 0 aromatic carbocycles. The first kappa shape index (κ1) is 54.6. The van der Waals surface area contributed by atoms with Crippen molar-refractivity contribution in [2.75, 3.05) is 13.2 Å². The number of carbonyl (C=O) groups excluding carboxylic acids is 3. The maximum Gasteiger partial charge on any atom is 0.306 e. The highest BCUT2D eigenvalue weighted by atomic mass is 16.6. The van der Waals surface area contributed by atoms with Crippen LogP contribution in [0.2, 0.25) is 0 Å². The highest BCUT2D eigenvalue weighted by molar-refractivity contribution is 5.71. The lowest BCUT2D eigenvalue weighted by molar-refractivity contribution is -0.167. The number of rotatable bonds is 41. The summed E-state index contributed by atoms with van der Waals surface area (Å²) in [6.07, 6.45) is 58.6. The number of carbonyl (C=O) groups is 3. The molecule has 6 nitrogen and oxygen atoms in total. The van der Waals surface area contributed by atoms with Gasteiger partial charge in [-0.3, -0.25) is 14.4 Å². The van der Waals surface area contributed by atoms with Crippen LogP contribution in [0, 0.1) is 0 Å². The highest BCUT2D eigenvalue weighted by Gasteiger charge is 2.19. The van der Waals surface area contributed by atoms with Crippen molar-refractivity contribution >= 4 is 17.9 Å². The van der Waals surface area contributed by atoms with Crippen LogP contribution in [0.5, 0.6) is 0 Å². The molecule has 0 aliphatic heterocycles. The van der Waals surface area contributed by atoms with Crippen LogP contribution in [0.4, 0.5) is 0 Å². The molecule has 0 N–H and O–H groups in total. The van der Waals surface area contributed by atoms with E-state index in [1.165, 1.54) is 44.9 Å². The first-order chi connectivity index (χ1) is 28.5. The minimum absolute atomic E-state index is 0.106. The molecule has 58 heavy (non-hydrogen) atoms. The van der Waals surface area contributed by atoms with Crippen LogP contribution >= 0.6 is 0 Å². The van der Waals surface area contributed by atoms with Crippen LogP contribution in [-0.4, -0.2) is 37.2 Å². The van der Waals surface area contributed by atoms with Gasteiger partial charge in [0.2, 0.25) is 0 Å². The monoisotopic (exact) mass is 807 g/mol. The Hall–Kier alpha value is -3.41. The molecule has 1 unspecified atom stereocenters. The Morgan fingerprint density at radius 2 is 0.759 bits per heavy atom. The largest absolute Gasteiger partial charge is 0.462 e. The summed E-state index contributed by atoms with van der Waals surface area (Å²) in [6, 6.07) is 0. The minimum Gasteiger partial charge on any atom is -0.462 e. The summed E-state index contributed by atoms with van der Waals surface area (Å²) in [4.78, 5) is 37.7. The van der Waals surface area contributed by atoms with E-state index in [9.17, 15) is 14.4 Å². The quantitative estimate of drug-likeness (QED) is 0.0201. The summed E-state index contributed by atoms with van der Waals surface area (Å²) < 4.78 is 16.6. The number of allylic oxidation sites excluding steroid dienone is 14. The van der Waals surface area contributed by atoms with Crippen molar-refractivity contribution in [2.24, 2.45) is 0 Å². The summed E-state index contributed by atoms with van der Waals surface area (Å²) >= 11 is 0. The maximum atomic E-state index is 12.7. The van der Waals surface area contributed by atoms with Crippen LogP contribution in [-0.2, 0) is 28.6 Å². The molecule has 0 heterocycles. The number of esters is 3. The average Bonchev–Trinajstić information content (AvgIpc) is 3.22. The molecule has 0 spiro atoms. The van der Waals surface area contributed by atoms with E-state index in [0.717, 1.165) is 116 Å². The lowest BCUT2D eigenvalue weighted by atomic mass is 10.1. The van der Waals surface area contributed by atoms with Gasteiger partial charge in [0.1, 0.15) is 13.2 Å². The summed E-state index contributed by atoms with van der Waals surface area (Å²) in [5.74, 6) is -0.986. The predicted molar refractivity (Wildman–Crippen MR) is 247 cm³/mol. The molecule has 0 amide bonds. The maximum absolute atomic E-state index is 12.7. The van der Waals surface area contributed by atoms with Crippen molar-refractivity contribution < 1.29 is 28.6 Å². The third kappa shape index (κ3) is 43.7. The molecule has 0 radical (unpaired) electrons. The van der Waals surface area contributed by atoms with E-state index in [0.29, 0.717) is 19.3 Å². The first-order valence-electron chi connectivity index (χ1n) is 23.6. The number of hydrogen-bond donors (Lipinski definition) is 0. The van der Waals surface area contributed by atoms with Gasteiger partial charge in [0, 0.05) is 19.3 Å². The number of ether oxygens (including phenoxy) is 3. The van der Waals surface area contributed by atoms with Gasteiger partial charge in [0.15, 0.2) is 6.10 Å². The molecule has 1 atom stereocenters. The van der Waals surface area contributed by atoms with Crippen molar-refractivity contribution in [2.45, 2.75) is 213 Å². The molecule has 0 aromatic heterocycles. The third-order valence-corrected chi connectivity index (χ3v) is 9.66. The van der Waals surface area contributed by atoms with Gasteiger partial charge in [-0.25, -0.2) is 0 Å². The average molecular weight is 807 g/mol. The van der Waals surface area contributed by atoms with Gasteiger partial charge < -0.3 is 14.2 Å². The summed E-state index contributed by atoms with van der Waals surface area (Å²) in [6.45, 7) is 6.38. The topological polar surface area (TPSA) is 78.9 Å². The van der Waals surface area contributed by atoms with Crippen molar-refractivity contribution in [3.8, 4) is 0 Å². The molecule has 0 rings (SSSR count). The number of unbranched alkanes of at least 4 members (excludes halogenated alkanes) is 18. The zero-order valence-corrected chi connectivity index (χ0v) is 37.5. The Kier molecular flexibility index (Phi) is 43.6. The van der Waals surface area contributed by atoms with Crippen LogP contribution in [0.3, 0.4) is 0 Å². The van der Waals surface area contributed by atoms with E-state index in [2.05, 4.69) is 106 Å². The molecule has 0 aromatic rings. The Morgan fingerprint density at radius 1 is 0.379 bits per heavy atom. The molecule has 330 valence electrons. The second kappa shape index (κ2) is 46.3. The fraction of sp³-hybridized carbons (Fsp3) is 0.673. The normalized spacial score (nSPS) is 12.8. The van der Waals surface area contributed by atoms with Gasteiger partial charge in [-0.05, 0) is 96.3 Å². The van der Waals surface area contributed by atoms with Gasteiger partial charge in [-0.15, -0.1) is 0 Å². The molecule has 6 heteroatoms. The Balaban J connectivity index is 4.45. The molecule has 0 saturated carbocycles. The van der Waals surface area contributed by atoms with E-state index in [-0.39, 0.29) is 37.5 Å². The van der Waals surface area contributed by atoms with E-state index in [1.807, 2.05) is 0 Å². The highest BCUT2D eigenvalue weighted by Crippen LogP contribution is 2.12. The van der Waals surface area contributed by atoms with Crippen molar-refractivity contribution in [1.82, 2.24) is 0 Å². The van der Waals surface area contributed by atoms with E-state index >= 15 is 0 Å². The molecular formula is C52H86O6. The van der Waals surface area contributed by atoms with Crippen LogP contribution in [0.15, 0.2) is 85.1 Å². The van der Waals surface area contributed by atoms with Gasteiger partial charge >= 0.3 is 17.9 Å². The van der Waals surface area contributed by atoms with Crippen molar-refractivity contribution in [3.63, 3.8) is 0 Å². The second-order valence-electron chi connectivity index (χ2n) is 15.3. The molecule has 0 fully saturated rings. The SMILES string of the molecule is CC/C=C\C/C=C\C/C=C\CCCCC(=O)OC(COC(=O)CCCCCC/C=C\CCCC)COC(=O)CCCCCCC\C=C/C=C\C=C/CCCCCCC. The summed E-state index contributed by atoms with van der Waals surface area (Å²) in [5.41, 5.74) is 0. The zero-order valence-electron chi connectivity index (χ0n) is 37.5. The Morgan fingerprint density at radius 3 is 1.29 bits per heavy atom. The number of hydrogen-bond acceptors (Lipinski definition) is 6. The second-order valence-corrected chi connectivity index (χ2v) is 15.3. The zero-order chi connectivity index (χ0) is 42.3. The smallest absolute Gasteiger partial charge is 0.306 e. The predicted octanol–water partition coefficient (Wildman–Crippen LogP) is 15.3. The summed E-state index contributed by atoms with van der Waals surface area (Å²) in [5, 5.41) is 0. The third-order valence-electron chi connectivity index (χ3n) is 9.66. The van der Waals surface area contributed by atoms with E-state index < -0.39 is 6.10 Å².